The van der Waals surface area contributed by atoms with Gasteiger partial charge in [-0.3, -0.25) is 43.7 Å². The van der Waals surface area contributed by atoms with Crippen molar-refractivity contribution in [1.29, 1.82) is 0 Å². The largest absolute Gasteiger partial charge is 0.481 e. The van der Waals surface area contributed by atoms with Crippen LogP contribution in [-0.2, 0) is 54.3 Å². The molecule has 1 aromatic rings. The van der Waals surface area contributed by atoms with E-state index >= 15 is 0 Å². The summed E-state index contributed by atoms with van der Waals surface area (Å²) in [7, 11) is 0. The van der Waals surface area contributed by atoms with E-state index in [9.17, 15) is 78.9 Å². The van der Waals surface area contributed by atoms with Gasteiger partial charge >= 0.3 is 17.9 Å². The number of imidazole rings is 1. The van der Waals surface area contributed by atoms with Gasteiger partial charge < -0.3 is 82.1 Å². The van der Waals surface area contributed by atoms with Crippen LogP contribution in [0.5, 0.6) is 0 Å². The van der Waals surface area contributed by atoms with Crippen LogP contribution in [0.3, 0.4) is 0 Å². The molecule has 0 unspecified atom stereocenters. The maximum absolute atomic E-state index is 14.2. The molecule has 0 aromatic carbocycles. The third-order valence-corrected chi connectivity index (χ3v) is 11.7. The second-order valence-electron chi connectivity index (χ2n) is 18.0. The second-order valence-corrected chi connectivity index (χ2v) is 18.0. The van der Waals surface area contributed by atoms with Crippen molar-refractivity contribution in [1.82, 2.24) is 46.8 Å². The topological polar surface area (TPSA) is 429 Å². The van der Waals surface area contributed by atoms with E-state index in [4.69, 9.17) is 9.84 Å². The van der Waals surface area contributed by atoms with Gasteiger partial charge in [0.05, 0.1) is 31.7 Å². The van der Waals surface area contributed by atoms with Gasteiger partial charge in [0.1, 0.15) is 54.6 Å². The zero-order valence-corrected chi connectivity index (χ0v) is 39.0. The highest BCUT2D eigenvalue weighted by Gasteiger charge is 2.55. The number of hydrogen-bond acceptors (Lipinski definition) is 17. The van der Waals surface area contributed by atoms with Crippen LogP contribution in [0.1, 0.15) is 85.3 Å². The number of likely N-dealkylation sites (tertiary alicyclic amines) is 1. The molecular weight excluding hydrogens is 919 g/mol. The standard InChI is InChI=1S/C42H67N9O18/c1-19(2)13-25(47-36(62)26(14-22-15-43-18-44-22)48-39(65)31(20(3)4)50-42(17-53)34(60)33(59)28(16-52)69-42)37(63)49-32(21(5)54)40(66)51-12-6-7-27(51)38(64)45-23(8-10-29(55)56)35(61)46-24(41(67)68)9-11-30(57)58/h15,18-21,23-28,31-34,50,52-54,59-60H,6-14,16-17H2,1-5H3,(H,43,44)(H,45,64)(H,46,61)(H,47,62)(H,48,65)(H,49,63)(H,55,56)(H,57,58)(H,67,68)/t21-,23+,24+,25+,26+,27+,28-,31+,32+,33-,34+,42+/m1/s1. The van der Waals surface area contributed by atoms with Crippen molar-refractivity contribution in [2.75, 3.05) is 19.8 Å². The van der Waals surface area contributed by atoms with Gasteiger partial charge in [-0.2, -0.15) is 0 Å². The van der Waals surface area contributed by atoms with E-state index in [-0.39, 0.29) is 38.1 Å². The van der Waals surface area contributed by atoms with Crippen molar-refractivity contribution >= 4 is 53.4 Å². The summed E-state index contributed by atoms with van der Waals surface area (Å²) in [6, 6.07) is -10.5. The van der Waals surface area contributed by atoms with Gasteiger partial charge in [-0.25, -0.2) is 9.78 Å². The number of hydrogen-bond donors (Lipinski definition) is 15. The number of aliphatic hydroxyl groups excluding tert-OH is 5. The molecule has 15 N–H and O–H groups in total. The molecule has 27 heteroatoms. The van der Waals surface area contributed by atoms with Crippen molar-refractivity contribution in [2.45, 2.75) is 158 Å². The first-order chi connectivity index (χ1) is 32.4. The molecule has 1 aromatic heterocycles. The van der Waals surface area contributed by atoms with E-state index in [2.05, 4.69) is 41.9 Å². The fourth-order valence-electron chi connectivity index (χ4n) is 7.92. The van der Waals surface area contributed by atoms with Gasteiger partial charge in [-0.15, -0.1) is 0 Å². The fraction of sp³-hybridized carbons (Fsp3) is 0.714. The van der Waals surface area contributed by atoms with Crippen molar-refractivity contribution < 1.29 is 88.7 Å². The molecule has 27 nitrogen and oxygen atoms in total. The number of carboxylic acid groups (broad SMARTS) is 3. The summed E-state index contributed by atoms with van der Waals surface area (Å²) in [5.41, 5.74) is -1.72. The van der Waals surface area contributed by atoms with E-state index < -0.39 is 171 Å². The molecule has 2 aliphatic rings. The monoisotopic (exact) mass is 985 g/mol. The summed E-state index contributed by atoms with van der Waals surface area (Å²) >= 11 is 0. The van der Waals surface area contributed by atoms with Crippen molar-refractivity contribution in [3.8, 4) is 0 Å². The molecule has 0 saturated carbocycles. The van der Waals surface area contributed by atoms with E-state index in [1.165, 1.54) is 19.4 Å². The summed E-state index contributed by atoms with van der Waals surface area (Å²) in [6.45, 7) is 6.14. The number of carbonyl (C=O) groups is 9. The summed E-state index contributed by atoms with van der Waals surface area (Å²) in [5.74, 6) is -10.8. The van der Waals surface area contributed by atoms with Gasteiger partial charge in [-0.1, -0.05) is 27.7 Å². The second kappa shape index (κ2) is 26.2. The number of nitrogens with zero attached hydrogens (tertiary/aromatic N) is 2. The number of aliphatic carboxylic acids is 3. The van der Waals surface area contributed by atoms with Crippen LogP contribution in [0.2, 0.25) is 0 Å². The summed E-state index contributed by atoms with van der Waals surface area (Å²) < 4.78 is 5.59. The van der Waals surface area contributed by atoms with E-state index in [1.807, 2.05) is 0 Å². The molecule has 388 valence electrons. The van der Waals surface area contributed by atoms with E-state index in [0.29, 0.717) is 5.69 Å². The highest BCUT2D eigenvalue weighted by Crippen LogP contribution is 2.30. The molecule has 2 saturated heterocycles. The summed E-state index contributed by atoms with van der Waals surface area (Å²) in [4.78, 5) is 125. The Bertz CT molecular complexity index is 1950. The van der Waals surface area contributed by atoms with Crippen molar-refractivity contribution in [3.05, 3.63) is 18.2 Å². The molecule has 0 radical (unpaired) electrons. The molecule has 12 atom stereocenters. The molecule has 0 aliphatic carbocycles. The van der Waals surface area contributed by atoms with Crippen LogP contribution in [0.25, 0.3) is 0 Å². The average Bonchev–Trinajstić information content (AvgIpc) is 4.04. The molecule has 3 heterocycles. The molecule has 3 rings (SSSR count). The lowest BCUT2D eigenvalue weighted by Crippen LogP contribution is -2.66. The SMILES string of the molecule is CC(C)C[C@H](NC(=O)[C@H](Cc1cnc[nH]1)NC(=O)[C@@H](N[C@@]1(CO)O[C@H](CO)[C@@H](O)[C@@H]1O)C(C)C)C(=O)N[C@H](C(=O)N1CCC[C@H]1C(=O)N[C@@H](CCC(=O)O)C(=O)N[C@@H](CCC(=O)O)C(=O)O)[C@@H](C)O. The third kappa shape index (κ3) is 16.1. The van der Waals surface area contributed by atoms with E-state index in [0.717, 1.165) is 4.90 Å². The Balaban J connectivity index is 1.84. The lowest BCUT2D eigenvalue weighted by Gasteiger charge is -2.36. The highest BCUT2D eigenvalue weighted by molar-refractivity contribution is 5.97. The molecule has 2 fully saturated rings. The quantitative estimate of drug-likeness (QED) is 0.0374. The summed E-state index contributed by atoms with van der Waals surface area (Å²) in [5, 5.41) is 94.7. The number of aromatic amines is 1. The first-order valence-corrected chi connectivity index (χ1v) is 22.5. The Morgan fingerprint density at radius 1 is 0.797 bits per heavy atom. The number of carboxylic acids is 3. The maximum Gasteiger partial charge on any atom is 0.326 e. The first kappa shape index (κ1) is 57.5. The lowest BCUT2D eigenvalue weighted by molar-refractivity contribution is -0.153. The Kier molecular flexibility index (Phi) is 21.8. The molecule has 2 aliphatic heterocycles. The Morgan fingerprint density at radius 3 is 1.88 bits per heavy atom. The van der Waals surface area contributed by atoms with Crippen LogP contribution in [0, 0.1) is 11.8 Å². The minimum atomic E-state index is -2.10. The van der Waals surface area contributed by atoms with Crippen molar-refractivity contribution in [3.63, 3.8) is 0 Å². The number of amides is 6. The minimum Gasteiger partial charge on any atom is -0.481 e. The molecular formula is C42H67N9O18. The number of carbonyl (C=O) groups excluding carboxylic acids is 6. The van der Waals surface area contributed by atoms with Crippen LogP contribution in [0.15, 0.2) is 12.5 Å². The van der Waals surface area contributed by atoms with Gasteiger partial charge in [0.15, 0.2) is 5.72 Å². The number of aliphatic hydroxyl groups is 5. The number of H-pyrrole nitrogens is 1. The number of ether oxygens (including phenoxy) is 1. The smallest absolute Gasteiger partial charge is 0.326 e. The Hall–Kier alpha value is -5.84. The molecule has 0 bridgehead atoms. The summed E-state index contributed by atoms with van der Waals surface area (Å²) in [6.07, 6.45) is -5.93. The van der Waals surface area contributed by atoms with Crippen molar-refractivity contribution in [2.24, 2.45) is 11.8 Å². The first-order valence-electron chi connectivity index (χ1n) is 22.5. The minimum absolute atomic E-state index is 0.0179. The molecule has 0 spiro atoms. The Labute approximate surface area is 396 Å². The van der Waals surface area contributed by atoms with Crippen LogP contribution in [-0.4, -0.2) is 201 Å². The highest BCUT2D eigenvalue weighted by atomic mass is 16.6. The van der Waals surface area contributed by atoms with Gasteiger partial charge in [0.2, 0.25) is 35.4 Å². The number of aromatic nitrogens is 2. The third-order valence-electron chi connectivity index (χ3n) is 11.7. The molecule has 69 heavy (non-hydrogen) atoms. The fourth-order valence-corrected chi connectivity index (χ4v) is 7.92. The zero-order chi connectivity index (χ0) is 51.9. The van der Waals surface area contributed by atoms with Gasteiger partial charge in [-0.05, 0) is 50.9 Å². The number of nitrogens with one attached hydrogen (secondary N) is 7. The maximum atomic E-state index is 14.2. The zero-order valence-electron chi connectivity index (χ0n) is 39.0. The molecule has 6 amide bonds. The predicted octanol–water partition coefficient (Wildman–Crippen LogP) is -4.98. The van der Waals surface area contributed by atoms with Gasteiger partial charge in [0, 0.05) is 37.7 Å². The van der Waals surface area contributed by atoms with Gasteiger partial charge in [0.25, 0.3) is 0 Å². The normalized spacial score (nSPS) is 23.2. The van der Waals surface area contributed by atoms with Crippen LogP contribution < -0.4 is 31.9 Å². The van der Waals surface area contributed by atoms with E-state index in [1.54, 1.807) is 27.7 Å². The average molecular weight is 986 g/mol. The predicted molar refractivity (Wildman–Crippen MR) is 235 cm³/mol. The lowest BCUT2D eigenvalue weighted by atomic mass is 9.97. The Morgan fingerprint density at radius 2 is 1.38 bits per heavy atom. The number of rotatable bonds is 28. The van der Waals surface area contributed by atoms with Crippen LogP contribution in [0.4, 0.5) is 0 Å². The van der Waals surface area contributed by atoms with Crippen LogP contribution >= 0.6 is 0 Å².